The number of Topliss-reactive ketones (excluding diaryl/α,β-unsaturated/α-hetero) is 1. The van der Waals surface area contributed by atoms with E-state index >= 15 is 0 Å². The molecule has 0 spiro atoms. The van der Waals surface area contributed by atoms with Gasteiger partial charge >= 0.3 is 0 Å². The van der Waals surface area contributed by atoms with E-state index in [0.717, 1.165) is 0 Å². The molecule has 0 atom stereocenters. The third kappa shape index (κ3) is 3.36. The molecule has 1 aliphatic rings. The largest absolute Gasteiger partial charge is 0.497 e. The van der Waals surface area contributed by atoms with Crippen molar-refractivity contribution in [3.63, 3.8) is 0 Å². The van der Waals surface area contributed by atoms with Gasteiger partial charge in [-0.15, -0.1) is 0 Å². The zero-order valence-electron chi connectivity index (χ0n) is 13.1. The van der Waals surface area contributed by atoms with Gasteiger partial charge in [0, 0.05) is 29.6 Å². The van der Waals surface area contributed by atoms with Gasteiger partial charge in [0.25, 0.3) is 5.91 Å². The fraction of sp³-hybridized carbons (Fsp3) is 0.222. The van der Waals surface area contributed by atoms with Crippen LogP contribution in [-0.4, -0.2) is 32.0 Å². The molecule has 0 bridgehead atoms. The van der Waals surface area contributed by atoms with Crippen molar-refractivity contribution >= 4 is 29.0 Å². The molecular weight excluding hydrogens is 330 g/mol. The van der Waals surface area contributed by atoms with Crippen LogP contribution in [-0.2, 0) is 4.79 Å². The van der Waals surface area contributed by atoms with Crippen LogP contribution in [0.5, 0.6) is 11.5 Å². The highest BCUT2D eigenvalue weighted by molar-refractivity contribution is 6.30. The molecule has 5 nitrogen and oxygen atoms in total. The van der Waals surface area contributed by atoms with Crippen LogP contribution in [0.2, 0.25) is 5.02 Å². The van der Waals surface area contributed by atoms with E-state index in [2.05, 4.69) is 0 Å². The van der Waals surface area contributed by atoms with Gasteiger partial charge in [-0.2, -0.15) is 0 Å². The second kappa shape index (κ2) is 6.93. The van der Waals surface area contributed by atoms with E-state index < -0.39 is 0 Å². The molecule has 1 amide bonds. The molecule has 0 unspecified atom stereocenters. The Kier molecular flexibility index (Phi) is 4.71. The third-order valence-electron chi connectivity index (χ3n) is 3.84. The molecule has 0 saturated heterocycles. The summed E-state index contributed by atoms with van der Waals surface area (Å²) in [5, 5.41) is 0.601. The SMILES string of the molecule is COc1ccc2c(c1)N(C(=O)COc1ccc(Cl)cc1)CCC2=O. The lowest BCUT2D eigenvalue weighted by molar-refractivity contribution is -0.120. The summed E-state index contributed by atoms with van der Waals surface area (Å²) in [7, 11) is 1.54. The fourth-order valence-electron chi connectivity index (χ4n) is 2.58. The number of amides is 1. The van der Waals surface area contributed by atoms with E-state index in [0.29, 0.717) is 40.7 Å². The maximum Gasteiger partial charge on any atom is 0.264 e. The van der Waals surface area contributed by atoms with Crippen LogP contribution in [0.25, 0.3) is 0 Å². The monoisotopic (exact) mass is 345 g/mol. The molecule has 6 heteroatoms. The first-order valence-electron chi connectivity index (χ1n) is 7.48. The summed E-state index contributed by atoms with van der Waals surface area (Å²) in [6, 6.07) is 11.9. The van der Waals surface area contributed by atoms with Crippen molar-refractivity contribution in [1.29, 1.82) is 0 Å². The number of methoxy groups -OCH3 is 1. The molecule has 0 aromatic heterocycles. The number of rotatable bonds is 4. The highest BCUT2D eigenvalue weighted by Gasteiger charge is 2.28. The molecule has 2 aromatic rings. The zero-order valence-corrected chi connectivity index (χ0v) is 13.9. The minimum atomic E-state index is -0.216. The average Bonchev–Trinajstić information content (AvgIpc) is 2.61. The Bertz CT molecular complexity index is 773. The van der Waals surface area contributed by atoms with Gasteiger partial charge in [-0.1, -0.05) is 11.6 Å². The lowest BCUT2D eigenvalue weighted by atomic mass is 10.00. The molecule has 3 rings (SSSR count). The van der Waals surface area contributed by atoms with Crippen molar-refractivity contribution in [2.45, 2.75) is 6.42 Å². The van der Waals surface area contributed by atoms with Gasteiger partial charge in [-0.25, -0.2) is 0 Å². The summed E-state index contributed by atoms with van der Waals surface area (Å²) in [6.07, 6.45) is 0.298. The molecular formula is C18H16ClNO4. The van der Waals surface area contributed by atoms with Gasteiger partial charge in [-0.05, 0) is 36.4 Å². The van der Waals surface area contributed by atoms with Crippen LogP contribution < -0.4 is 14.4 Å². The van der Waals surface area contributed by atoms with Crippen LogP contribution in [0.3, 0.4) is 0 Å². The van der Waals surface area contributed by atoms with Crippen molar-refractivity contribution in [2.75, 3.05) is 25.2 Å². The van der Waals surface area contributed by atoms with Crippen molar-refractivity contribution in [3.05, 3.63) is 53.1 Å². The number of anilines is 1. The van der Waals surface area contributed by atoms with Crippen LogP contribution in [0.4, 0.5) is 5.69 Å². The highest BCUT2D eigenvalue weighted by atomic mass is 35.5. The normalized spacial score (nSPS) is 13.4. The first-order chi connectivity index (χ1) is 11.6. The predicted molar refractivity (Wildman–Crippen MR) is 91.2 cm³/mol. The smallest absolute Gasteiger partial charge is 0.264 e. The molecule has 0 N–H and O–H groups in total. The van der Waals surface area contributed by atoms with Crippen molar-refractivity contribution < 1.29 is 19.1 Å². The summed E-state index contributed by atoms with van der Waals surface area (Å²) in [6.45, 7) is 0.217. The first kappa shape index (κ1) is 16.3. The Morgan fingerprint density at radius 3 is 2.58 bits per heavy atom. The summed E-state index contributed by atoms with van der Waals surface area (Å²) in [4.78, 5) is 26.1. The molecule has 1 heterocycles. The van der Waals surface area contributed by atoms with Crippen LogP contribution in [0, 0.1) is 0 Å². The quantitative estimate of drug-likeness (QED) is 0.852. The number of fused-ring (bicyclic) bond motifs is 1. The number of hydrogen-bond donors (Lipinski definition) is 0. The molecule has 24 heavy (non-hydrogen) atoms. The van der Waals surface area contributed by atoms with Crippen molar-refractivity contribution in [2.24, 2.45) is 0 Å². The molecule has 0 aliphatic carbocycles. The molecule has 124 valence electrons. The Balaban J connectivity index is 1.77. The van der Waals surface area contributed by atoms with Crippen molar-refractivity contribution in [1.82, 2.24) is 0 Å². The molecule has 2 aromatic carbocycles. The van der Waals surface area contributed by atoms with Crippen LogP contribution in [0.1, 0.15) is 16.8 Å². The van der Waals surface area contributed by atoms with Crippen LogP contribution in [0.15, 0.2) is 42.5 Å². The van der Waals surface area contributed by atoms with Gasteiger partial charge in [0.2, 0.25) is 0 Å². The van der Waals surface area contributed by atoms with E-state index in [9.17, 15) is 9.59 Å². The molecule has 0 fully saturated rings. The number of hydrogen-bond acceptors (Lipinski definition) is 4. The number of ether oxygens (including phenoxy) is 2. The highest BCUT2D eigenvalue weighted by Crippen LogP contribution is 2.31. The Morgan fingerprint density at radius 2 is 1.88 bits per heavy atom. The lowest BCUT2D eigenvalue weighted by Crippen LogP contribution is -2.40. The molecule has 0 saturated carbocycles. The maximum atomic E-state index is 12.5. The second-order valence-corrected chi connectivity index (χ2v) is 5.78. The number of ketones is 1. The van der Waals surface area contributed by atoms with Crippen molar-refractivity contribution in [3.8, 4) is 11.5 Å². The topological polar surface area (TPSA) is 55.8 Å². The Morgan fingerprint density at radius 1 is 1.17 bits per heavy atom. The number of carbonyl (C=O) groups is 2. The number of benzene rings is 2. The number of nitrogens with zero attached hydrogens (tertiary/aromatic N) is 1. The Hall–Kier alpha value is -2.53. The number of carbonyl (C=O) groups excluding carboxylic acids is 2. The minimum absolute atomic E-state index is 0.0234. The molecule has 0 radical (unpaired) electrons. The van der Waals surface area contributed by atoms with E-state index in [4.69, 9.17) is 21.1 Å². The third-order valence-corrected chi connectivity index (χ3v) is 4.09. The predicted octanol–water partition coefficient (Wildman–Crippen LogP) is 3.35. The second-order valence-electron chi connectivity index (χ2n) is 5.34. The maximum absolute atomic E-state index is 12.5. The van der Waals surface area contributed by atoms with E-state index in [1.54, 1.807) is 54.5 Å². The molecule has 1 aliphatic heterocycles. The fourth-order valence-corrected chi connectivity index (χ4v) is 2.70. The summed E-state index contributed by atoms with van der Waals surface area (Å²) in [5.74, 6) is 0.967. The minimum Gasteiger partial charge on any atom is -0.497 e. The summed E-state index contributed by atoms with van der Waals surface area (Å²) in [5.41, 5.74) is 1.09. The van der Waals surface area contributed by atoms with Crippen LogP contribution >= 0.6 is 11.6 Å². The van der Waals surface area contributed by atoms with E-state index in [-0.39, 0.29) is 18.3 Å². The van der Waals surface area contributed by atoms with Gasteiger partial charge in [0.15, 0.2) is 12.4 Å². The summed E-state index contributed by atoms with van der Waals surface area (Å²) >= 11 is 5.82. The number of halogens is 1. The zero-order chi connectivity index (χ0) is 17.1. The van der Waals surface area contributed by atoms with E-state index in [1.165, 1.54) is 0 Å². The lowest BCUT2D eigenvalue weighted by Gasteiger charge is -2.29. The summed E-state index contributed by atoms with van der Waals surface area (Å²) < 4.78 is 10.7. The Labute approximate surface area is 144 Å². The van der Waals surface area contributed by atoms with Gasteiger partial charge in [-0.3, -0.25) is 9.59 Å². The standard InChI is InChI=1S/C18H16ClNO4/c1-23-14-6-7-15-16(10-14)20(9-8-17(15)21)18(22)11-24-13-4-2-12(19)3-5-13/h2-7,10H,8-9,11H2,1H3. The van der Waals surface area contributed by atoms with Gasteiger partial charge < -0.3 is 14.4 Å². The van der Waals surface area contributed by atoms with Gasteiger partial charge in [0.1, 0.15) is 11.5 Å². The van der Waals surface area contributed by atoms with E-state index in [1.807, 2.05) is 0 Å². The van der Waals surface area contributed by atoms with Gasteiger partial charge in [0.05, 0.1) is 12.8 Å². The first-order valence-corrected chi connectivity index (χ1v) is 7.86. The average molecular weight is 346 g/mol.